The van der Waals surface area contributed by atoms with Gasteiger partial charge in [-0.25, -0.2) is 0 Å². The van der Waals surface area contributed by atoms with Gasteiger partial charge in [0.05, 0.1) is 6.42 Å². The van der Waals surface area contributed by atoms with Crippen molar-refractivity contribution in [2.24, 2.45) is 5.92 Å². The minimum atomic E-state index is -0.00496. The molecule has 2 fully saturated rings. The molecule has 1 aliphatic heterocycles. The van der Waals surface area contributed by atoms with E-state index in [1.54, 1.807) is 12.1 Å². The normalized spacial score (nSPS) is 21.7. The van der Waals surface area contributed by atoms with Crippen LogP contribution in [0.5, 0.6) is 0 Å². The van der Waals surface area contributed by atoms with Crippen LogP contribution in [0.25, 0.3) is 0 Å². The van der Waals surface area contributed by atoms with E-state index in [0.29, 0.717) is 30.5 Å². The predicted octanol–water partition coefficient (Wildman–Crippen LogP) is 2.01. The number of nitrogens with one attached hydrogen (secondary N) is 1. The van der Waals surface area contributed by atoms with Crippen LogP contribution in [0.1, 0.15) is 24.8 Å². The van der Waals surface area contributed by atoms with E-state index in [2.05, 4.69) is 5.32 Å². The average molecular weight is 307 g/mol. The fraction of sp³-hybridized carbons (Fsp3) is 0.500. The standard InChI is InChI=1S/C16H19ClN2O2/c17-13-3-1-11(2-4-13)7-15(20)18-9-12-8-16(21)19(10-12)14-5-6-14/h1-4,12,14H,5-10H2,(H,18,20). The van der Waals surface area contributed by atoms with Crippen molar-refractivity contribution in [3.05, 3.63) is 34.9 Å². The van der Waals surface area contributed by atoms with Crippen LogP contribution in [0.2, 0.25) is 5.02 Å². The first kappa shape index (κ1) is 14.4. The Bertz CT molecular complexity index is 540. The van der Waals surface area contributed by atoms with Crippen LogP contribution in [-0.4, -0.2) is 35.8 Å². The zero-order chi connectivity index (χ0) is 14.8. The maximum absolute atomic E-state index is 11.9. The van der Waals surface area contributed by atoms with E-state index in [-0.39, 0.29) is 17.7 Å². The van der Waals surface area contributed by atoms with E-state index >= 15 is 0 Å². The molecule has 1 aromatic rings. The lowest BCUT2D eigenvalue weighted by atomic mass is 10.1. The van der Waals surface area contributed by atoms with Crippen LogP contribution >= 0.6 is 11.6 Å². The van der Waals surface area contributed by atoms with E-state index in [1.165, 1.54) is 0 Å². The molecule has 3 rings (SSSR count). The molecule has 2 aliphatic rings. The van der Waals surface area contributed by atoms with Crippen molar-refractivity contribution in [2.45, 2.75) is 31.7 Å². The largest absolute Gasteiger partial charge is 0.355 e. The number of hydrogen-bond donors (Lipinski definition) is 1. The minimum absolute atomic E-state index is 0.00496. The average Bonchev–Trinajstić information content (AvgIpc) is 3.23. The fourth-order valence-corrected chi connectivity index (χ4v) is 2.92. The summed E-state index contributed by atoms with van der Waals surface area (Å²) in [5.41, 5.74) is 0.944. The summed E-state index contributed by atoms with van der Waals surface area (Å²) < 4.78 is 0. The second-order valence-electron chi connectivity index (χ2n) is 5.95. The Labute approximate surface area is 129 Å². The Hall–Kier alpha value is -1.55. The molecule has 1 saturated heterocycles. The first-order valence-corrected chi connectivity index (χ1v) is 7.80. The van der Waals surface area contributed by atoms with Gasteiger partial charge < -0.3 is 10.2 Å². The van der Waals surface area contributed by atoms with Crippen LogP contribution < -0.4 is 5.32 Å². The molecule has 0 aromatic heterocycles. The molecule has 21 heavy (non-hydrogen) atoms. The molecule has 0 spiro atoms. The summed E-state index contributed by atoms with van der Waals surface area (Å²) in [7, 11) is 0. The quantitative estimate of drug-likeness (QED) is 0.904. The van der Waals surface area contributed by atoms with Crippen molar-refractivity contribution in [1.29, 1.82) is 0 Å². The number of nitrogens with zero attached hydrogens (tertiary/aromatic N) is 1. The number of carbonyl (C=O) groups is 2. The zero-order valence-electron chi connectivity index (χ0n) is 11.8. The van der Waals surface area contributed by atoms with Crippen molar-refractivity contribution in [3.8, 4) is 0 Å². The van der Waals surface area contributed by atoms with Crippen LogP contribution in [0.15, 0.2) is 24.3 Å². The topological polar surface area (TPSA) is 49.4 Å². The van der Waals surface area contributed by atoms with Gasteiger partial charge in [-0.3, -0.25) is 9.59 Å². The third-order valence-electron chi connectivity index (χ3n) is 4.09. The van der Waals surface area contributed by atoms with Crippen LogP contribution in [0, 0.1) is 5.92 Å². The van der Waals surface area contributed by atoms with E-state index in [0.717, 1.165) is 24.9 Å². The predicted molar refractivity (Wildman–Crippen MR) is 81.0 cm³/mol. The number of carbonyl (C=O) groups excluding carboxylic acids is 2. The lowest BCUT2D eigenvalue weighted by molar-refractivity contribution is -0.128. The molecule has 1 unspecified atom stereocenters. The minimum Gasteiger partial charge on any atom is -0.355 e. The SMILES string of the molecule is O=C(Cc1ccc(Cl)cc1)NCC1CC(=O)N(C2CC2)C1. The van der Waals surface area contributed by atoms with Gasteiger partial charge in [-0.2, -0.15) is 0 Å². The highest BCUT2D eigenvalue weighted by molar-refractivity contribution is 6.30. The molecule has 0 radical (unpaired) electrons. The molecule has 1 atom stereocenters. The lowest BCUT2D eigenvalue weighted by Crippen LogP contribution is -2.32. The Balaban J connectivity index is 1.43. The number of rotatable bonds is 5. The van der Waals surface area contributed by atoms with Gasteiger partial charge >= 0.3 is 0 Å². The molecular formula is C16H19ClN2O2. The van der Waals surface area contributed by atoms with Crippen molar-refractivity contribution >= 4 is 23.4 Å². The number of likely N-dealkylation sites (tertiary alicyclic amines) is 1. The number of amides is 2. The summed E-state index contributed by atoms with van der Waals surface area (Å²) >= 11 is 5.82. The van der Waals surface area contributed by atoms with Gasteiger partial charge in [0.15, 0.2) is 0 Å². The summed E-state index contributed by atoms with van der Waals surface area (Å²) in [4.78, 5) is 25.7. The lowest BCUT2D eigenvalue weighted by Gasteiger charge is -2.15. The van der Waals surface area contributed by atoms with Crippen molar-refractivity contribution < 1.29 is 9.59 Å². The molecular weight excluding hydrogens is 288 g/mol. The van der Waals surface area contributed by atoms with Gasteiger partial charge in [0.1, 0.15) is 0 Å². The maximum Gasteiger partial charge on any atom is 0.224 e. The van der Waals surface area contributed by atoms with Crippen LogP contribution in [0.3, 0.4) is 0 Å². The Morgan fingerprint density at radius 2 is 2.00 bits per heavy atom. The van der Waals surface area contributed by atoms with E-state index in [1.807, 2.05) is 17.0 Å². The smallest absolute Gasteiger partial charge is 0.224 e. The number of hydrogen-bond acceptors (Lipinski definition) is 2. The third-order valence-corrected chi connectivity index (χ3v) is 4.34. The number of halogens is 1. The molecule has 1 saturated carbocycles. The summed E-state index contributed by atoms with van der Waals surface area (Å²) in [5.74, 6) is 0.497. The summed E-state index contributed by atoms with van der Waals surface area (Å²) in [6.07, 6.45) is 3.20. The fourth-order valence-electron chi connectivity index (χ4n) is 2.79. The van der Waals surface area contributed by atoms with E-state index < -0.39 is 0 Å². The van der Waals surface area contributed by atoms with Gasteiger partial charge in [0, 0.05) is 36.5 Å². The van der Waals surface area contributed by atoms with E-state index in [9.17, 15) is 9.59 Å². The molecule has 2 amide bonds. The molecule has 0 bridgehead atoms. The van der Waals surface area contributed by atoms with Crippen molar-refractivity contribution in [3.63, 3.8) is 0 Å². The van der Waals surface area contributed by atoms with Gasteiger partial charge in [0.25, 0.3) is 0 Å². The molecule has 4 nitrogen and oxygen atoms in total. The summed E-state index contributed by atoms with van der Waals surface area (Å²) in [5, 5.41) is 3.61. The molecule has 1 N–H and O–H groups in total. The summed E-state index contributed by atoms with van der Waals surface area (Å²) in [6.45, 7) is 1.38. The molecule has 1 aromatic carbocycles. The third kappa shape index (κ3) is 3.76. The van der Waals surface area contributed by atoms with Crippen LogP contribution in [-0.2, 0) is 16.0 Å². The van der Waals surface area contributed by atoms with Gasteiger partial charge in [0.2, 0.25) is 11.8 Å². The maximum atomic E-state index is 11.9. The summed E-state index contributed by atoms with van der Waals surface area (Å²) in [6, 6.07) is 7.76. The monoisotopic (exact) mass is 306 g/mol. The van der Waals surface area contributed by atoms with Gasteiger partial charge in [-0.1, -0.05) is 23.7 Å². The molecule has 1 aliphatic carbocycles. The highest BCUT2D eigenvalue weighted by Gasteiger charge is 2.39. The second-order valence-corrected chi connectivity index (χ2v) is 6.39. The first-order chi connectivity index (χ1) is 10.1. The molecule has 112 valence electrons. The highest BCUT2D eigenvalue weighted by Crippen LogP contribution is 2.32. The van der Waals surface area contributed by atoms with Crippen molar-refractivity contribution in [2.75, 3.05) is 13.1 Å². The number of benzene rings is 1. The Morgan fingerprint density at radius 3 is 2.67 bits per heavy atom. The van der Waals surface area contributed by atoms with Gasteiger partial charge in [-0.05, 0) is 30.5 Å². The second kappa shape index (κ2) is 6.06. The zero-order valence-corrected chi connectivity index (χ0v) is 12.6. The molecule has 5 heteroatoms. The highest BCUT2D eigenvalue weighted by atomic mass is 35.5. The first-order valence-electron chi connectivity index (χ1n) is 7.42. The van der Waals surface area contributed by atoms with Gasteiger partial charge in [-0.15, -0.1) is 0 Å². The van der Waals surface area contributed by atoms with E-state index in [4.69, 9.17) is 11.6 Å². The molecule has 1 heterocycles. The van der Waals surface area contributed by atoms with Crippen molar-refractivity contribution in [1.82, 2.24) is 10.2 Å². The van der Waals surface area contributed by atoms with Crippen LogP contribution in [0.4, 0.5) is 0 Å². The Kier molecular flexibility index (Phi) is 4.15. The Morgan fingerprint density at radius 1 is 1.29 bits per heavy atom.